The van der Waals surface area contributed by atoms with Crippen LogP contribution in [0.4, 0.5) is 10.2 Å². The fourth-order valence-electron chi connectivity index (χ4n) is 3.66. The Hall–Kier alpha value is -3.32. The lowest BCUT2D eigenvalue weighted by molar-refractivity contribution is -0.131. The molecule has 1 aromatic heterocycles. The van der Waals surface area contributed by atoms with Crippen molar-refractivity contribution in [3.8, 4) is 11.3 Å². The fourth-order valence-corrected chi connectivity index (χ4v) is 3.96. The fraction of sp³-hybridized carbons (Fsp3) is 0.217. The molecule has 4 rings (SSSR count). The Morgan fingerprint density at radius 2 is 1.77 bits per heavy atom. The molecule has 1 atom stereocenters. The van der Waals surface area contributed by atoms with Crippen LogP contribution in [0, 0.1) is 0 Å². The first-order valence-electron chi connectivity index (χ1n) is 10.00. The summed E-state index contributed by atoms with van der Waals surface area (Å²) in [5.41, 5.74) is 15.7. The number of nitrogens with zero attached hydrogens (tertiary/aromatic N) is 3. The van der Waals surface area contributed by atoms with E-state index in [9.17, 15) is 9.18 Å². The van der Waals surface area contributed by atoms with E-state index in [0.717, 1.165) is 11.1 Å². The lowest BCUT2D eigenvalue weighted by Crippen LogP contribution is -2.32. The van der Waals surface area contributed by atoms with Gasteiger partial charge in [0.25, 0.3) is 0 Å². The van der Waals surface area contributed by atoms with E-state index >= 15 is 0 Å². The quantitative estimate of drug-likeness (QED) is 0.633. The average molecular weight is 440 g/mol. The highest BCUT2D eigenvalue weighted by atomic mass is 35.5. The molecule has 0 spiro atoms. The predicted molar refractivity (Wildman–Crippen MR) is 121 cm³/mol. The number of anilines is 1. The van der Waals surface area contributed by atoms with Crippen LogP contribution in [0.25, 0.3) is 22.0 Å². The van der Waals surface area contributed by atoms with Gasteiger partial charge in [0, 0.05) is 12.1 Å². The van der Waals surface area contributed by atoms with E-state index < -0.39 is 6.17 Å². The van der Waals surface area contributed by atoms with E-state index in [1.54, 1.807) is 0 Å². The molecule has 1 unspecified atom stereocenters. The van der Waals surface area contributed by atoms with E-state index in [0.29, 0.717) is 29.9 Å². The van der Waals surface area contributed by atoms with Crippen molar-refractivity contribution >= 4 is 34.1 Å². The molecule has 1 aliphatic rings. The molecule has 2 aromatic carbocycles. The zero-order valence-electron chi connectivity index (χ0n) is 16.8. The first-order chi connectivity index (χ1) is 15.0. The first kappa shape index (κ1) is 20.9. The molecule has 3 aromatic rings. The van der Waals surface area contributed by atoms with Gasteiger partial charge in [0.15, 0.2) is 0 Å². The number of nitrogen functional groups attached to an aromatic ring is 1. The zero-order valence-corrected chi connectivity index (χ0v) is 17.6. The Bertz CT molecular complexity index is 1110. The van der Waals surface area contributed by atoms with Crippen LogP contribution in [-0.2, 0) is 11.3 Å². The van der Waals surface area contributed by atoms with Gasteiger partial charge in [-0.3, -0.25) is 4.79 Å². The Labute approximate surface area is 184 Å². The Kier molecular flexibility index (Phi) is 5.95. The minimum Gasteiger partial charge on any atom is -0.397 e. The number of aromatic nitrogens is 2. The summed E-state index contributed by atoms with van der Waals surface area (Å²) >= 11 is 6.72. The summed E-state index contributed by atoms with van der Waals surface area (Å²) in [7, 11) is 0. The second-order valence-corrected chi connectivity index (χ2v) is 7.83. The molecule has 0 radical (unpaired) electrons. The number of amides is 1. The number of alkyl halides is 1. The maximum Gasteiger partial charge on any atom is 0.244 e. The van der Waals surface area contributed by atoms with Gasteiger partial charge < -0.3 is 16.4 Å². The van der Waals surface area contributed by atoms with E-state index in [2.05, 4.69) is 5.10 Å². The van der Waals surface area contributed by atoms with E-state index in [-0.39, 0.29) is 29.8 Å². The maximum absolute atomic E-state index is 13.5. The number of likely N-dealkylation sites (tertiary alicyclic amines) is 1. The number of carbonyl (C=O) groups excluding carboxylic acids is 1. The number of nitrogens with two attached hydrogens (primary N) is 2. The summed E-state index contributed by atoms with van der Waals surface area (Å²) < 4.78 is 14.9. The van der Waals surface area contributed by atoms with Gasteiger partial charge in [0.05, 0.1) is 22.8 Å². The Balaban J connectivity index is 1.77. The van der Waals surface area contributed by atoms with Crippen LogP contribution in [0.5, 0.6) is 0 Å². The SMILES string of the molecule is N/C(=C(/Cl)c1c(-c2ccccc2)nn(CC(=O)N2CCC(F)C2)c1N)c1ccccc1. The number of benzene rings is 2. The largest absolute Gasteiger partial charge is 0.397 e. The third-order valence-corrected chi connectivity index (χ3v) is 5.74. The summed E-state index contributed by atoms with van der Waals surface area (Å²) in [4.78, 5) is 14.2. The predicted octanol–water partition coefficient (Wildman–Crippen LogP) is 3.73. The van der Waals surface area contributed by atoms with Gasteiger partial charge in [-0.1, -0.05) is 72.3 Å². The molecule has 2 heterocycles. The van der Waals surface area contributed by atoms with Crippen molar-refractivity contribution in [1.82, 2.24) is 14.7 Å². The van der Waals surface area contributed by atoms with Crippen molar-refractivity contribution < 1.29 is 9.18 Å². The van der Waals surface area contributed by atoms with Crippen LogP contribution in [0.2, 0.25) is 0 Å². The molecule has 0 saturated carbocycles. The second kappa shape index (κ2) is 8.81. The molecule has 31 heavy (non-hydrogen) atoms. The minimum absolute atomic E-state index is 0.0972. The van der Waals surface area contributed by atoms with Crippen molar-refractivity contribution in [2.75, 3.05) is 18.8 Å². The van der Waals surface area contributed by atoms with E-state index in [4.69, 9.17) is 23.1 Å². The van der Waals surface area contributed by atoms with Gasteiger partial charge >= 0.3 is 0 Å². The topological polar surface area (TPSA) is 90.2 Å². The standard InChI is InChI=1S/C23H23ClFN5O/c24-20(21(26)15-7-3-1-4-8-15)19-22(16-9-5-2-6-10-16)28-30(23(19)27)14-18(31)29-12-11-17(25)13-29/h1-10,17H,11-14,26-27H2/b21-20+. The maximum atomic E-state index is 13.5. The van der Waals surface area contributed by atoms with Crippen molar-refractivity contribution in [2.45, 2.75) is 19.1 Å². The molecule has 0 bridgehead atoms. The second-order valence-electron chi connectivity index (χ2n) is 7.45. The minimum atomic E-state index is -0.989. The van der Waals surface area contributed by atoms with Crippen molar-refractivity contribution in [1.29, 1.82) is 0 Å². The molecule has 8 heteroatoms. The number of rotatable bonds is 5. The lowest BCUT2D eigenvalue weighted by Gasteiger charge is -2.15. The molecule has 6 nitrogen and oxygen atoms in total. The van der Waals surface area contributed by atoms with Gasteiger partial charge in [-0.2, -0.15) is 5.10 Å². The van der Waals surface area contributed by atoms with Crippen molar-refractivity contribution in [2.24, 2.45) is 5.73 Å². The van der Waals surface area contributed by atoms with Crippen molar-refractivity contribution in [3.63, 3.8) is 0 Å². The smallest absolute Gasteiger partial charge is 0.244 e. The normalized spacial score (nSPS) is 17.0. The van der Waals surface area contributed by atoms with Crippen LogP contribution >= 0.6 is 11.6 Å². The van der Waals surface area contributed by atoms with Crippen LogP contribution in [-0.4, -0.2) is 39.8 Å². The highest BCUT2D eigenvalue weighted by molar-refractivity contribution is 6.53. The number of hydrogen-bond acceptors (Lipinski definition) is 4. The van der Waals surface area contributed by atoms with Crippen molar-refractivity contribution in [3.05, 3.63) is 71.8 Å². The average Bonchev–Trinajstić information content (AvgIpc) is 3.37. The van der Waals surface area contributed by atoms with Gasteiger partial charge in [0.2, 0.25) is 5.91 Å². The number of hydrogen-bond donors (Lipinski definition) is 2. The Morgan fingerprint density at radius 1 is 1.13 bits per heavy atom. The number of carbonyl (C=O) groups is 1. The van der Waals surface area contributed by atoms with Gasteiger partial charge in [0.1, 0.15) is 24.2 Å². The summed E-state index contributed by atoms with van der Waals surface area (Å²) in [6.07, 6.45) is -0.638. The summed E-state index contributed by atoms with van der Waals surface area (Å²) in [5, 5.41) is 4.84. The molecule has 0 aliphatic carbocycles. The zero-order chi connectivity index (χ0) is 22.0. The molecule has 1 aliphatic heterocycles. The van der Waals surface area contributed by atoms with Gasteiger partial charge in [-0.15, -0.1) is 0 Å². The molecule has 4 N–H and O–H groups in total. The van der Waals surface area contributed by atoms with Crippen LogP contribution in [0.3, 0.4) is 0 Å². The summed E-state index contributed by atoms with van der Waals surface area (Å²) in [6, 6.07) is 18.7. The van der Waals surface area contributed by atoms with Gasteiger partial charge in [-0.05, 0) is 12.0 Å². The van der Waals surface area contributed by atoms with E-state index in [1.165, 1.54) is 9.58 Å². The molecule has 1 fully saturated rings. The highest BCUT2D eigenvalue weighted by Gasteiger charge is 2.28. The molecular weight excluding hydrogens is 417 g/mol. The number of halogens is 2. The monoisotopic (exact) mass is 439 g/mol. The van der Waals surface area contributed by atoms with Gasteiger partial charge in [-0.25, -0.2) is 9.07 Å². The third-order valence-electron chi connectivity index (χ3n) is 5.35. The van der Waals surface area contributed by atoms with Crippen LogP contribution in [0.15, 0.2) is 60.7 Å². The first-order valence-corrected chi connectivity index (χ1v) is 10.4. The van der Waals surface area contributed by atoms with E-state index in [1.807, 2.05) is 60.7 Å². The Morgan fingerprint density at radius 3 is 2.39 bits per heavy atom. The molecular formula is C23H23ClFN5O. The molecule has 160 valence electrons. The molecule has 1 amide bonds. The lowest BCUT2D eigenvalue weighted by atomic mass is 10.0. The molecule has 1 saturated heterocycles. The summed E-state index contributed by atoms with van der Waals surface area (Å²) in [5.74, 6) is -0.0104. The highest BCUT2D eigenvalue weighted by Crippen LogP contribution is 2.37. The summed E-state index contributed by atoms with van der Waals surface area (Å²) in [6.45, 7) is 0.384. The third kappa shape index (κ3) is 4.27. The van der Waals surface area contributed by atoms with Crippen LogP contribution < -0.4 is 11.5 Å². The van der Waals surface area contributed by atoms with Crippen LogP contribution in [0.1, 0.15) is 17.5 Å².